The van der Waals surface area contributed by atoms with E-state index in [2.05, 4.69) is 14.9 Å². The van der Waals surface area contributed by atoms with Crippen molar-refractivity contribution in [3.63, 3.8) is 0 Å². The van der Waals surface area contributed by atoms with Crippen LogP contribution in [-0.2, 0) is 0 Å². The summed E-state index contributed by atoms with van der Waals surface area (Å²) in [5.74, 6) is -0.624. The predicted molar refractivity (Wildman–Crippen MR) is 75.7 cm³/mol. The monoisotopic (exact) mass is 270 g/mol. The van der Waals surface area contributed by atoms with Crippen LogP contribution >= 0.6 is 0 Å². The number of carboxylic acid groups (broad SMARTS) is 1. The van der Waals surface area contributed by atoms with Crippen LogP contribution in [0.2, 0.25) is 0 Å². The highest BCUT2D eigenvalue weighted by atomic mass is 16.4. The van der Waals surface area contributed by atoms with Crippen molar-refractivity contribution in [1.82, 2.24) is 9.97 Å². The fraction of sp³-hybridized carbons (Fsp3) is 0.214. The third-order valence-corrected chi connectivity index (χ3v) is 3.35. The zero-order valence-electron chi connectivity index (χ0n) is 11.0. The van der Waals surface area contributed by atoms with Crippen LogP contribution in [0.5, 0.6) is 0 Å². The maximum Gasteiger partial charge on any atom is 0.354 e. The van der Waals surface area contributed by atoms with Crippen molar-refractivity contribution in [1.29, 1.82) is 0 Å². The van der Waals surface area contributed by atoms with Crippen LogP contribution in [0.4, 0.5) is 17.3 Å². The van der Waals surface area contributed by atoms with Crippen LogP contribution in [0.1, 0.15) is 10.5 Å². The molecule has 2 heterocycles. The normalized spacial score (nSPS) is 14.1. The SMILES string of the molecule is CN1CCN(c2nccc(C(=O)O)n2)c2ccccc21. The van der Waals surface area contributed by atoms with E-state index >= 15 is 0 Å². The maximum absolute atomic E-state index is 11.0. The number of aromatic nitrogens is 2. The summed E-state index contributed by atoms with van der Waals surface area (Å²) in [5, 5.41) is 9.03. The fourth-order valence-corrected chi connectivity index (χ4v) is 2.31. The van der Waals surface area contributed by atoms with E-state index in [4.69, 9.17) is 5.11 Å². The molecule has 102 valence electrons. The summed E-state index contributed by atoms with van der Waals surface area (Å²) in [5.41, 5.74) is 2.08. The molecule has 0 saturated heterocycles. The Morgan fingerprint density at radius 3 is 2.70 bits per heavy atom. The molecule has 0 aliphatic carbocycles. The van der Waals surface area contributed by atoms with E-state index in [1.54, 1.807) is 0 Å². The molecule has 0 fully saturated rings. The zero-order valence-corrected chi connectivity index (χ0v) is 11.0. The number of fused-ring (bicyclic) bond motifs is 1. The second kappa shape index (κ2) is 4.80. The first kappa shape index (κ1) is 12.4. The molecular formula is C14H14N4O2. The van der Waals surface area contributed by atoms with E-state index in [-0.39, 0.29) is 5.69 Å². The molecule has 1 N–H and O–H groups in total. The first-order chi connectivity index (χ1) is 9.66. The first-order valence-corrected chi connectivity index (χ1v) is 6.31. The van der Waals surface area contributed by atoms with Crippen LogP contribution in [0.25, 0.3) is 0 Å². The lowest BCUT2D eigenvalue weighted by Gasteiger charge is -2.35. The second-order valence-electron chi connectivity index (χ2n) is 4.61. The van der Waals surface area contributed by atoms with Gasteiger partial charge in [0.2, 0.25) is 5.95 Å². The van der Waals surface area contributed by atoms with E-state index in [9.17, 15) is 4.79 Å². The highest BCUT2D eigenvalue weighted by molar-refractivity contribution is 5.86. The number of nitrogens with zero attached hydrogens (tertiary/aromatic N) is 4. The van der Waals surface area contributed by atoms with E-state index in [0.29, 0.717) is 5.95 Å². The minimum atomic E-state index is -1.05. The highest BCUT2D eigenvalue weighted by Crippen LogP contribution is 2.35. The number of benzene rings is 1. The number of anilines is 3. The molecule has 1 aromatic heterocycles. The van der Waals surface area contributed by atoms with Gasteiger partial charge in [-0.1, -0.05) is 12.1 Å². The molecular weight excluding hydrogens is 256 g/mol. The molecule has 1 aromatic carbocycles. The minimum absolute atomic E-state index is 0.00593. The van der Waals surface area contributed by atoms with Crippen molar-refractivity contribution in [3.8, 4) is 0 Å². The van der Waals surface area contributed by atoms with Crippen LogP contribution in [0.15, 0.2) is 36.5 Å². The van der Waals surface area contributed by atoms with E-state index in [1.165, 1.54) is 12.3 Å². The summed E-state index contributed by atoms with van der Waals surface area (Å²) in [6, 6.07) is 9.34. The lowest BCUT2D eigenvalue weighted by molar-refractivity contribution is 0.0690. The Balaban J connectivity index is 2.05. The fourth-order valence-electron chi connectivity index (χ4n) is 2.31. The predicted octanol–water partition coefficient (Wildman–Crippen LogP) is 1.76. The van der Waals surface area contributed by atoms with Gasteiger partial charge in [0.05, 0.1) is 11.4 Å². The molecule has 2 aromatic rings. The van der Waals surface area contributed by atoms with Gasteiger partial charge in [-0.25, -0.2) is 14.8 Å². The third-order valence-electron chi connectivity index (χ3n) is 3.35. The highest BCUT2D eigenvalue weighted by Gasteiger charge is 2.23. The summed E-state index contributed by atoms with van der Waals surface area (Å²) in [6.45, 7) is 1.55. The molecule has 6 nitrogen and oxygen atoms in total. The molecule has 3 rings (SSSR count). The second-order valence-corrected chi connectivity index (χ2v) is 4.61. The number of hydrogen-bond donors (Lipinski definition) is 1. The van der Waals surface area contributed by atoms with Crippen molar-refractivity contribution in [2.45, 2.75) is 0 Å². The number of aromatic carboxylic acids is 1. The minimum Gasteiger partial charge on any atom is -0.477 e. The van der Waals surface area contributed by atoms with Crippen LogP contribution in [0.3, 0.4) is 0 Å². The van der Waals surface area contributed by atoms with Gasteiger partial charge in [-0.3, -0.25) is 0 Å². The molecule has 6 heteroatoms. The van der Waals surface area contributed by atoms with Gasteiger partial charge in [0.1, 0.15) is 0 Å². The van der Waals surface area contributed by atoms with Gasteiger partial charge in [0, 0.05) is 26.3 Å². The maximum atomic E-state index is 11.0. The van der Waals surface area contributed by atoms with Crippen LogP contribution in [-0.4, -0.2) is 41.2 Å². The largest absolute Gasteiger partial charge is 0.477 e. The lowest BCUT2D eigenvalue weighted by Crippen LogP contribution is -2.37. The third kappa shape index (κ3) is 2.05. The molecule has 0 radical (unpaired) electrons. The number of para-hydroxylation sites is 2. The van der Waals surface area contributed by atoms with Gasteiger partial charge in [-0.2, -0.15) is 0 Å². The van der Waals surface area contributed by atoms with Crippen molar-refractivity contribution in [3.05, 3.63) is 42.2 Å². The van der Waals surface area contributed by atoms with Crippen molar-refractivity contribution < 1.29 is 9.90 Å². The number of carboxylic acids is 1. The summed E-state index contributed by atoms with van der Waals surface area (Å²) in [6.07, 6.45) is 1.48. The Bertz CT molecular complexity index is 659. The molecule has 0 atom stereocenters. The number of rotatable bonds is 2. The van der Waals surface area contributed by atoms with Crippen LogP contribution < -0.4 is 9.80 Å². The molecule has 0 amide bonds. The van der Waals surface area contributed by atoms with Gasteiger partial charge in [-0.05, 0) is 18.2 Å². The Labute approximate surface area is 116 Å². The Morgan fingerprint density at radius 2 is 1.95 bits per heavy atom. The number of likely N-dealkylation sites (N-methyl/N-ethyl adjacent to an activating group) is 1. The van der Waals surface area contributed by atoms with E-state index in [1.807, 2.05) is 36.2 Å². The quantitative estimate of drug-likeness (QED) is 0.896. The molecule has 0 saturated carbocycles. The molecule has 20 heavy (non-hydrogen) atoms. The lowest BCUT2D eigenvalue weighted by atomic mass is 10.2. The van der Waals surface area contributed by atoms with Crippen molar-refractivity contribution >= 4 is 23.3 Å². The molecule has 0 bridgehead atoms. The zero-order chi connectivity index (χ0) is 14.1. The number of hydrogen-bond acceptors (Lipinski definition) is 5. The van der Waals surface area contributed by atoms with Gasteiger partial charge in [0.25, 0.3) is 0 Å². The Morgan fingerprint density at radius 1 is 1.20 bits per heavy atom. The van der Waals surface area contributed by atoms with E-state index in [0.717, 1.165) is 24.5 Å². The molecule has 1 aliphatic rings. The standard InChI is InChI=1S/C14H14N4O2/c1-17-8-9-18(12-5-3-2-4-11(12)17)14-15-7-6-10(16-14)13(19)20/h2-7H,8-9H2,1H3,(H,19,20). The molecule has 0 spiro atoms. The molecule has 0 unspecified atom stereocenters. The molecule has 1 aliphatic heterocycles. The number of carbonyl (C=O) groups is 1. The first-order valence-electron chi connectivity index (χ1n) is 6.31. The Hall–Kier alpha value is -2.63. The van der Waals surface area contributed by atoms with Crippen molar-refractivity contribution in [2.75, 3.05) is 29.9 Å². The van der Waals surface area contributed by atoms with E-state index < -0.39 is 5.97 Å². The average molecular weight is 270 g/mol. The topological polar surface area (TPSA) is 69.6 Å². The van der Waals surface area contributed by atoms with Gasteiger partial charge >= 0.3 is 5.97 Å². The summed E-state index contributed by atoms with van der Waals surface area (Å²) in [7, 11) is 2.03. The van der Waals surface area contributed by atoms with Crippen LogP contribution in [0, 0.1) is 0 Å². The smallest absolute Gasteiger partial charge is 0.354 e. The average Bonchev–Trinajstić information content (AvgIpc) is 2.48. The Kier molecular flexibility index (Phi) is 2.98. The van der Waals surface area contributed by atoms with Crippen molar-refractivity contribution in [2.24, 2.45) is 0 Å². The van der Waals surface area contributed by atoms with Gasteiger partial charge in [-0.15, -0.1) is 0 Å². The summed E-state index contributed by atoms with van der Waals surface area (Å²) < 4.78 is 0. The summed E-state index contributed by atoms with van der Waals surface area (Å²) >= 11 is 0. The van der Waals surface area contributed by atoms with Gasteiger partial charge in [0.15, 0.2) is 5.69 Å². The van der Waals surface area contributed by atoms with Gasteiger partial charge < -0.3 is 14.9 Å². The summed E-state index contributed by atoms with van der Waals surface area (Å²) in [4.78, 5) is 23.4.